The minimum Gasteiger partial charge on any atom is -0.207 e. The Morgan fingerprint density at radius 1 is 1.08 bits per heavy atom. The van der Waals surface area contributed by atoms with Gasteiger partial charge in [-0.3, -0.25) is 0 Å². The molecule has 0 heterocycles. The number of rotatable bonds is 6. The number of hydrogen-bond donors (Lipinski definition) is 0. The van der Waals surface area contributed by atoms with Crippen molar-refractivity contribution in [2.45, 2.75) is 37.2 Å². The molecule has 1 atom stereocenters. The van der Waals surface area contributed by atoms with Crippen LogP contribution in [0, 0.1) is 5.92 Å². The Hall–Kier alpha value is -1.07. The summed E-state index contributed by atoms with van der Waals surface area (Å²) in [7, 11) is -3.74. The lowest BCUT2D eigenvalue weighted by molar-refractivity contribution is 0.303. The summed E-state index contributed by atoms with van der Waals surface area (Å²) in [5.74, 6) is 0.404. The maximum Gasteiger partial charge on any atom is 0.245 e. The molecule has 1 unspecified atom stereocenters. The standard InChI is InChI=1S/C18H19Cl2NO2S/c1-13(15-10-11-15)21(12-14-6-3-2-4-7-14)24(22,23)17-9-5-8-16(19)18(17)20/h2-9,13,15H,10-12H2,1H3. The van der Waals surface area contributed by atoms with Gasteiger partial charge in [0.25, 0.3) is 0 Å². The van der Waals surface area contributed by atoms with Crippen LogP contribution in [-0.2, 0) is 16.6 Å². The van der Waals surface area contributed by atoms with Crippen molar-refractivity contribution < 1.29 is 8.42 Å². The topological polar surface area (TPSA) is 37.4 Å². The Morgan fingerprint density at radius 2 is 1.75 bits per heavy atom. The van der Waals surface area contributed by atoms with Crippen LogP contribution in [0.4, 0.5) is 0 Å². The van der Waals surface area contributed by atoms with Crippen molar-refractivity contribution >= 4 is 33.2 Å². The van der Waals surface area contributed by atoms with Gasteiger partial charge in [-0.2, -0.15) is 4.31 Å². The third-order valence-corrected chi connectivity index (χ3v) is 7.35. The average molecular weight is 384 g/mol. The van der Waals surface area contributed by atoms with Crippen molar-refractivity contribution in [1.82, 2.24) is 4.31 Å². The van der Waals surface area contributed by atoms with Gasteiger partial charge in [-0.1, -0.05) is 59.6 Å². The lowest BCUT2D eigenvalue weighted by Crippen LogP contribution is -2.39. The van der Waals surface area contributed by atoms with E-state index in [1.807, 2.05) is 37.3 Å². The summed E-state index contributed by atoms with van der Waals surface area (Å²) in [5.41, 5.74) is 0.951. The molecule has 0 radical (unpaired) electrons. The Kier molecular flexibility index (Phi) is 5.21. The molecule has 1 fully saturated rings. The van der Waals surface area contributed by atoms with E-state index in [9.17, 15) is 8.42 Å². The maximum absolute atomic E-state index is 13.3. The number of hydrogen-bond acceptors (Lipinski definition) is 2. The summed E-state index contributed by atoms with van der Waals surface area (Å²) >= 11 is 12.2. The molecular formula is C18H19Cl2NO2S. The van der Waals surface area contributed by atoms with Crippen LogP contribution >= 0.6 is 23.2 Å². The van der Waals surface area contributed by atoms with E-state index in [2.05, 4.69) is 0 Å². The average Bonchev–Trinajstić information content (AvgIpc) is 3.40. The zero-order valence-electron chi connectivity index (χ0n) is 13.3. The molecule has 1 aliphatic rings. The van der Waals surface area contributed by atoms with Crippen LogP contribution in [0.3, 0.4) is 0 Å². The van der Waals surface area contributed by atoms with Crippen LogP contribution in [0.15, 0.2) is 53.4 Å². The minimum atomic E-state index is -3.74. The van der Waals surface area contributed by atoms with Crippen LogP contribution in [0.1, 0.15) is 25.3 Å². The van der Waals surface area contributed by atoms with Crippen LogP contribution < -0.4 is 0 Å². The van der Waals surface area contributed by atoms with E-state index in [4.69, 9.17) is 23.2 Å². The monoisotopic (exact) mass is 383 g/mol. The summed E-state index contributed by atoms with van der Waals surface area (Å²) in [4.78, 5) is 0.0695. The molecule has 2 aromatic rings. The number of halogens is 2. The van der Waals surface area contributed by atoms with Gasteiger partial charge in [0.05, 0.1) is 10.0 Å². The molecule has 6 heteroatoms. The van der Waals surface area contributed by atoms with E-state index < -0.39 is 10.0 Å². The SMILES string of the molecule is CC(C1CC1)N(Cc1ccccc1)S(=O)(=O)c1cccc(Cl)c1Cl. The van der Waals surface area contributed by atoms with Gasteiger partial charge in [-0.15, -0.1) is 0 Å². The highest BCUT2D eigenvalue weighted by molar-refractivity contribution is 7.89. The molecule has 0 aliphatic heterocycles. The predicted octanol–water partition coefficient (Wildman–Crippen LogP) is 4.98. The second-order valence-corrected chi connectivity index (χ2v) is 8.81. The van der Waals surface area contributed by atoms with Crippen molar-refractivity contribution in [3.63, 3.8) is 0 Å². The Balaban J connectivity index is 2.01. The summed E-state index contributed by atoms with van der Waals surface area (Å²) in [6, 6.07) is 14.2. The normalized spacial score (nSPS) is 16.3. The second-order valence-electron chi connectivity index (χ2n) is 6.17. The highest BCUT2D eigenvalue weighted by atomic mass is 35.5. The molecule has 0 amide bonds. The first-order valence-corrected chi connectivity index (χ1v) is 10.1. The van der Waals surface area contributed by atoms with Gasteiger partial charge < -0.3 is 0 Å². The predicted molar refractivity (Wildman–Crippen MR) is 97.8 cm³/mol. The van der Waals surface area contributed by atoms with Gasteiger partial charge >= 0.3 is 0 Å². The molecule has 1 aliphatic carbocycles. The smallest absolute Gasteiger partial charge is 0.207 e. The van der Waals surface area contributed by atoms with E-state index in [1.165, 1.54) is 6.07 Å². The van der Waals surface area contributed by atoms with Crippen molar-refractivity contribution in [2.75, 3.05) is 0 Å². The Labute approximate surface area is 153 Å². The van der Waals surface area contributed by atoms with Crippen LogP contribution in [0.2, 0.25) is 10.0 Å². The lowest BCUT2D eigenvalue weighted by atomic mass is 10.2. The molecule has 1 saturated carbocycles. The third kappa shape index (κ3) is 3.62. The molecular weight excluding hydrogens is 365 g/mol. The third-order valence-electron chi connectivity index (χ3n) is 4.44. The van der Waals surface area contributed by atoms with Gasteiger partial charge in [0.15, 0.2) is 0 Å². The largest absolute Gasteiger partial charge is 0.245 e. The minimum absolute atomic E-state index is 0.0695. The zero-order valence-corrected chi connectivity index (χ0v) is 15.7. The lowest BCUT2D eigenvalue weighted by Gasteiger charge is -2.29. The molecule has 0 aromatic heterocycles. The summed E-state index contributed by atoms with van der Waals surface area (Å²) in [6.45, 7) is 2.29. The summed E-state index contributed by atoms with van der Waals surface area (Å²) in [5, 5.41) is 0.330. The molecule has 0 bridgehead atoms. The van der Waals surface area contributed by atoms with Crippen molar-refractivity contribution in [3.05, 3.63) is 64.1 Å². The molecule has 0 N–H and O–H groups in total. The van der Waals surface area contributed by atoms with E-state index in [0.717, 1.165) is 18.4 Å². The van der Waals surface area contributed by atoms with Crippen LogP contribution in [-0.4, -0.2) is 18.8 Å². The molecule has 24 heavy (non-hydrogen) atoms. The first-order valence-electron chi connectivity index (χ1n) is 7.91. The fourth-order valence-electron chi connectivity index (χ4n) is 2.83. The molecule has 0 spiro atoms. The van der Waals surface area contributed by atoms with E-state index in [0.29, 0.717) is 12.5 Å². The van der Waals surface area contributed by atoms with Gasteiger partial charge in [0, 0.05) is 12.6 Å². The fourth-order valence-corrected chi connectivity index (χ4v) is 5.25. The quantitative estimate of drug-likeness (QED) is 0.704. The number of sulfonamides is 1. The fraction of sp³-hybridized carbons (Fsp3) is 0.333. The molecule has 128 valence electrons. The van der Waals surface area contributed by atoms with Gasteiger partial charge in [0.1, 0.15) is 4.90 Å². The van der Waals surface area contributed by atoms with Crippen molar-refractivity contribution in [2.24, 2.45) is 5.92 Å². The van der Waals surface area contributed by atoms with Crippen LogP contribution in [0.5, 0.6) is 0 Å². The summed E-state index contributed by atoms with van der Waals surface area (Å²) in [6.07, 6.45) is 2.12. The maximum atomic E-state index is 13.3. The van der Waals surface area contributed by atoms with Gasteiger partial charge in [-0.05, 0) is 43.4 Å². The van der Waals surface area contributed by atoms with E-state index in [-0.39, 0.29) is 21.0 Å². The summed E-state index contributed by atoms with van der Waals surface area (Å²) < 4.78 is 28.1. The second kappa shape index (κ2) is 7.04. The van der Waals surface area contributed by atoms with Gasteiger partial charge in [0.2, 0.25) is 10.0 Å². The highest BCUT2D eigenvalue weighted by Crippen LogP contribution is 2.39. The zero-order chi connectivity index (χ0) is 17.3. The van der Waals surface area contributed by atoms with Gasteiger partial charge in [-0.25, -0.2) is 8.42 Å². The Morgan fingerprint density at radius 3 is 2.38 bits per heavy atom. The molecule has 2 aromatic carbocycles. The molecule has 0 saturated heterocycles. The van der Waals surface area contributed by atoms with Crippen molar-refractivity contribution in [3.8, 4) is 0 Å². The van der Waals surface area contributed by atoms with E-state index >= 15 is 0 Å². The first kappa shape index (κ1) is 17.7. The molecule has 3 rings (SSSR count). The highest BCUT2D eigenvalue weighted by Gasteiger charge is 2.39. The number of nitrogens with zero attached hydrogens (tertiary/aromatic N) is 1. The van der Waals surface area contributed by atoms with Crippen LogP contribution in [0.25, 0.3) is 0 Å². The Bertz CT molecular complexity index is 820. The molecule has 3 nitrogen and oxygen atoms in total. The van der Waals surface area contributed by atoms with E-state index in [1.54, 1.807) is 16.4 Å². The number of benzene rings is 2. The first-order chi connectivity index (χ1) is 11.4. The van der Waals surface area contributed by atoms with Crippen molar-refractivity contribution in [1.29, 1.82) is 0 Å².